The van der Waals surface area contributed by atoms with E-state index >= 15 is 0 Å². The van der Waals surface area contributed by atoms with Gasteiger partial charge in [-0.1, -0.05) is 37.6 Å². The summed E-state index contributed by atoms with van der Waals surface area (Å²) in [5.74, 6) is 1.49. The number of nitrogens with zero attached hydrogens (tertiary/aromatic N) is 2. The number of nitrogens with one attached hydrogen (secondary N) is 1. The molecule has 6 nitrogen and oxygen atoms in total. The van der Waals surface area contributed by atoms with E-state index in [9.17, 15) is 4.79 Å². The average molecular weight is 383 g/mol. The van der Waals surface area contributed by atoms with Crippen molar-refractivity contribution in [1.29, 1.82) is 0 Å². The topological polar surface area (TPSA) is 54.0 Å². The van der Waals surface area contributed by atoms with Crippen molar-refractivity contribution in [3.8, 4) is 11.5 Å². The van der Waals surface area contributed by atoms with Crippen molar-refractivity contribution in [2.75, 3.05) is 38.3 Å². The number of benzene rings is 2. The SMILES string of the molecule is CCN(CC)CCN(Cc1ccc2c(c1)OCO2)C(=O)Nc1ccc(C)cc1. The molecule has 1 heterocycles. The largest absolute Gasteiger partial charge is 0.454 e. The lowest BCUT2D eigenvalue weighted by Crippen LogP contribution is -2.40. The van der Waals surface area contributed by atoms with E-state index in [1.807, 2.05) is 54.3 Å². The first-order valence-electron chi connectivity index (χ1n) is 9.82. The smallest absolute Gasteiger partial charge is 0.322 e. The van der Waals surface area contributed by atoms with E-state index in [4.69, 9.17) is 9.47 Å². The first-order valence-corrected chi connectivity index (χ1v) is 9.82. The molecule has 0 aliphatic carbocycles. The molecule has 0 radical (unpaired) electrons. The highest BCUT2D eigenvalue weighted by molar-refractivity contribution is 5.89. The molecule has 0 unspecified atom stereocenters. The Balaban J connectivity index is 1.71. The van der Waals surface area contributed by atoms with Crippen LogP contribution in [0.15, 0.2) is 42.5 Å². The van der Waals surface area contributed by atoms with Crippen LogP contribution in [-0.4, -0.2) is 48.8 Å². The summed E-state index contributed by atoms with van der Waals surface area (Å²) in [5, 5.41) is 3.01. The second kappa shape index (κ2) is 9.46. The van der Waals surface area contributed by atoms with Gasteiger partial charge in [0, 0.05) is 25.3 Å². The third-order valence-corrected chi connectivity index (χ3v) is 4.98. The average Bonchev–Trinajstić information content (AvgIpc) is 3.17. The molecule has 0 saturated heterocycles. The molecular formula is C22H29N3O3. The summed E-state index contributed by atoms with van der Waals surface area (Å²) < 4.78 is 10.9. The van der Waals surface area contributed by atoms with E-state index < -0.39 is 0 Å². The van der Waals surface area contributed by atoms with Crippen LogP contribution in [0.1, 0.15) is 25.0 Å². The van der Waals surface area contributed by atoms with E-state index in [0.29, 0.717) is 13.1 Å². The lowest BCUT2D eigenvalue weighted by atomic mass is 10.2. The molecule has 2 amide bonds. The normalized spacial score (nSPS) is 12.3. The highest BCUT2D eigenvalue weighted by Gasteiger charge is 2.18. The van der Waals surface area contributed by atoms with Gasteiger partial charge in [0.15, 0.2) is 11.5 Å². The number of likely N-dealkylation sites (N-methyl/N-ethyl adjacent to an activating group) is 1. The molecule has 2 aromatic carbocycles. The maximum absolute atomic E-state index is 13.0. The molecule has 0 spiro atoms. The maximum atomic E-state index is 13.0. The Hall–Kier alpha value is -2.73. The van der Waals surface area contributed by atoms with Gasteiger partial charge < -0.3 is 24.6 Å². The number of carbonyl (C=O) groups excluding carboxylic acids is 1. The molecule has 6 heteroatoms. The zero-order valence-electron chi connectivity index (χ0n) is 16.9. The van der Waals surface area contributed by atoms with Gasteiger partial charge in [0.25, 0.3) is 0 Å². The lowest BCUT2D eigenvalue weighted by Gasteiger charge is -2.27. The van der Waals surface area contributed by atoms with Gasteiger partial charge in [0.05, 0.1) is 0 Å². The van der Waals surface area contributed by atoms with E-state index in [1.54, 1.807) is 0 Å². The second-order valence-electron chi connectivity index (χ2n) is 6.93. The molecule has 0 bridgehead atoms. The number of fused-ring (bicyclic) bond motifs is 1. The van der Waals surface area contributed by atoms with Gasteiger partial charge >= 0.3 is 6.03 Å². The van der Waals surface area contributed by atoms with Crippen LogP contribution in [0.5, 0.6) is 11.5 Å². The Morgan fingerprint density at radius 3 is 2.43 bits per heavy atom. The minimum Gasteiger partial charge on any atom is -0.454 e. The molecule has 0 saturated carbocycles. The first kappa shape index (κ1) is 20.0. The zero-order valence-corrected chi connectivity index (χ0v) is 16.9. The second-order valence-corrected chi connectivity index (χ2v) is 6.93. The van der Waals surface area contributed by atoms with Gasteiger partial charge in [-0.2, -0.15) is 0 Å². The van der Waals surface area contributed by atoms with E-state index in [-0.39, 0.29) is 12.8 Å². The molecule has 0 aromatic heterocycles. The number of urea groups is 1. The van der Waals surface area contributed by atoms with Crippen molar-refractivity contribution in [3.05, 3.63) is 53.6 Å². The van der Waals surface area contributed by atoms with Crippen molar-refractivity contribution < 1.29 is 14.3 Å². The summed E-state index contributed by atoms with van der Waals surface area (Å²) in [5.41, 5.74) is 2.98. The maximum Gasteiger partial charge on any atom is 0.322 e. The number of carbonyl (C=O) groups is 1. The van der Waals surface area contributed by atoms with Crippen LogP contribution in [0.4, 0.5) is 10.5 Å². The Kier molecular flexibility index (Phi) is 6.76. The molecule has 1 aliphatic rings. The molecule has 3 rings (SSSR count). The quantitative estimate of drug-likeness (QED) is 0.746. The summed E-state index contributed by atoms with van der Waals surface area (Å²) in [6.07, 6.45) is 0. The van der Waals surface area contributed by atoms with Crippen LogP contribution in [0.3, 0.4) is 0 Å². The third-order valence-electron chi connectivity index (χ3n) is 4.98. The number of hydrogen-bond donors (Lipinski definition) is 1. The fraction of sp³-hybridized carbons (Fsp3) is 0.409. The summed E-state index contributed by atoms with van der Waals surface area (Å²) >= 11 is 0. The number of hydrogen-bond acceptors (Lipinski definition) is 4. The van der Waals surface area contributed by atoms with Crippen molar-refractivity contribution in [2.24, 2.45) is 0 Å². The number of rotatable bonds is 8. The molecule has 0 fully saturated rings. The van der Waals surface area contributed by atoms with Crippen LogP contribution in [-0.2, 0) is 6.54 Å². The summed E-state index contributed by atoms with van der Waals surface area (Å²) in [7, 11) is 0. The molecular weight excluding hydrogens is 354 g/mol. The molecule has 28 heavy (non-hydrogen) atoms. The third kappa shape index (κ3) is 5.16. The van der Waals surface area contributed by atoms with Crippen molar-refractivity contribution in [1.82, 2.24) is 9.80 Å². The van der Waals surface area contributed by atoms with Gasteiger partial charge in [-0.25, -0.2) is 4.79 Å². The summed E-state index contributed by atoms with van der Waals surface area (Å²) in [6.45, 7) is 10.5. The summed E-state index contributed by atoms with van der Waals surface area (Å²) in [6, 6.07) is 13.6. The highest BCUT2D eigenvalue weighted by atomic mass is 16.7. The van der Waals surface area contributed by atoms with Crippen LogP contribution >= 0.6 is 0 Å². The molecule has 0 atom stereocenters. The van der Waals surface area contributed by atoms with Gasteiger partial charge in [0.2, 0.25) is 6.79 Å². The van der Waals surface area contributed by atoms with E-state index in [2.05, 4.69) is 24.1 Å². The van der Waals surface area contributed by atoms with Crippen LogP contribution in [0.25, 0.3) is 0 Å². The number of aryl methyl sites for hydroxylation is 1. The lowest BCUT2D eigenvalue weighted by molar-refractivity contribution is 0.173. The number of amides is 2. The molecule has 150 valence electrons. The Morgan fingerprint density at radius 1 is 1.00 bits per heavy atom. The Bertz CT molecular complexity index is 788. The van der Waals surface area contributed by atoms with Crippen molar-refractivity contribution in [3.63, 3.8) is 0 Å². The predicted octanol–water partition coefficient (Wildman–Crippen LogP) is 4.10. The fourth-order valence-electron chi connectivity index (χ4n) is 3.15. The van der Waals surface area contributed by atoms with E-state index in [0.717, 1.165) is 47.9 Å². The molecule has 2 aromatic rings. The van der Waals surface area contributed by atoms with Gasteiger partial charge in [-0.3, -0.25) is 0 Å². The predicted molar refractivity (Wildman–Crippen MR) is 111 cm³/mol. The van der Waals surface area contributed by atoms with E-state index in [1.165, 1.54) is 0 Å². The van der Waals surface area contributed by atoms with Crippen LogP contribution in [0, 0.1) is 6.92 Å². The van der Waals surface area contributed by atoms with Gasteiger partial charge in [-0.05, 0) is 49.8 Å². The summed E-state index contributed by atoms with van der Waals surface area (Å²) in [4.78, 5) is 17.1. The highest BCUT2D eigenvalue weighted by Crippen LogP contribution is 2.32. The first-order chi connectivity index (χ1) is 13.6. The van der Waals surface area contributed by atoms with Gasteiger partial charge in [0.1, 0.15) is 0 Å². The molecule has 1 aliphatic heterocycles. The number of anilines is 1. The minimum absolute atomic E-state index is 0.103. The van der Waals surface area contributed by atoms with Crippen molar-refractivity contribution in [2.45, 2.75) is 27.3 Å². The Morgan fingerprint density at radius 2 is 1.71 bits per heavy atom. The Labute approximate surface area is 167 Å². The van der Waals surface area contributed by atoms with Crippen molar-refractivity contribution >= 4 is 11.7 Å². The standard InChI is InChI=1S/C22H29N3O3/c1-4-24(5-2)12-13-25(22(26)23-19-9-6-17(3)7-10-19)15-18-8-11-20-21(14-18)28-16-27-20/h6-11,14H,4-5,12-13,15-16H2,1-3H3,(H,23,26). The monoisotopic (exact) mass is 383 g/mol. The fourth-order valence-corrected chi connectivity index (χ4v) is 3.15. The minimum atomic E-state index is -0.103. The van der Waals surface area contributed by atoms with Gasteiger partial charge in [-0.15, -0.1) is 0 Å². The number of ether oxygens (including phenoxy) is 2. The van der Waals surface area contributed by atoms with Crippen LogP contribution < -0.4 is 14.8 Å². The zero-order chi connectivity index (χ0) is 19.9. The molecule has 1 N–H and O–H groups in total. The van der Waals surface area contributed by atoms with Crippen LogP contribution in [0.2, 0.25) is 0 Å².